The first-order valence-corrected chi connectivity index (χ1v) is 9.33. The monoisotopic (exact) mass is 382 g/mol. The maximum Gasteiger partial charge on any atom is 0.338 e. The number of benzene rings is 2. The Morgan fingerprint density at radius 3 is 2.29 bits per heavy atom. The zero-order chi connectivity index (χ0) is 20.4. The van der Waals surface area contributed by atoms with Crippen molar-refractivity contribution in [1.29, 1.82) is 0 Å². The zero-order valence-electron chi connectivity index (χ0n) is 16.5. The number of hydrazone groups is 1. The van der Waals surface area contributed by atoms with E-state index in [9.17, 15) is 9.59 Å². The normalized spacial score (nSPS) is 11.2. The van der Waals surface area contributed by atoms with Gasteiger partial charge < -0.3 is 9.47 Å². The predicted octanol–water partition coefficient (Wildman–Crippen LogP) is 3.81. The summed E-state index contributed by atoms with van der Waals surface area (Å²) in [7, 11) is 0. The first kappa shape index (κ1) is 21.2. The third kappa shape index (κ3) is 6.54. The highest BCUT2D eigenvalue weighted by atomic mass is 16.5. The summed E-state index contributed by atoms with van der Waals surface area (Å²) in [4.78, 5) is 23.8. The molecule has 2 rings (SSSR count). The van der Waals surface area contributed by atoms with Gasteiger partial charge in [-0.3, -0.25) is 4.79 Å². The smallest absolute Gasteiger partial charge is 0.338 e. The molecule has 0 saturated heterocycles. The Morgan fingerprint density at radius 2 is 1.68 bits per heavy atom. The van der Waals surface area contributed by atoms with E-state index in [4.69, 9.17) is 9.47 Å². The summed E-state index contributed by atoms with van der Waals surface area (Å²) in [6.07, 6.45) is 0.771. The van der Waals surface area contributed by atoms with Crippen molar-refractivity contribution in [2.75, 3.05) is 13.2 Å². The molecule has 0 aromatic heterocycles. The second kappa shape index (κ2) is 10.9. The van der Waals surface area contributed by atoms with Crippen LogP contribution >= 0.6 is 0 Å². The van der Waals surface area contributed by atoms with Gasteiger partial charge in [-0.25, -0.2) is 10.2 Å². The maximum absolute atomic E-state index is 12.1. The Bertz CT molecular complexity index is 799. The number of amides is 1. The second-order valence-electron chi connectivity index (χ2n) is 6.50. The number of rotatable bonds is 9. The van der Waals surface area contributed by atoms with E-state index in [-0.39, 0.29) is 24.4 Å². The molecule has 2 aromatic rings. The molecule has 0 heterocycles. The Hall–Kier alpha value is -3.15. The van der Waals surface area contributed by atoms with Gasteiger partial charge in [0, 0.05) is 0 Å². The van der Waals surface area contributed by atoms with Crippen LogP contribution in [0, 0.1) is 5.92 Å². The largest absolute Gasteiger partial charge is 0.484 e. The van der Waals surface area contributed by atoms with Crippen LogP contribution in [0.25, 0.3) is 0 Å². The summed E-state index contributed by atoms with van der Waals surface area (Å²) in [5.41, 5.74) is 4.74. The minimum Gasteiger partial charge on any atom is -0.484 e. The molecule has 0 aliphatic rings. The first-order valence-electron chi connectivity index (χ1n) is 9.33. The Kier molecular flexibility index (Phi) is 8.21. The molecule has 0 unspecified atom stereocenters. The molecule has 0 spiro atoms. The molecular weight excluding hydrogens is 356 g/mol. The SMILES string of the molecule is CCCOC(=O)c1ccc(OCC(=O)NN=C(c2ccccc2)C(C)C)cc1. The molecule has 6 heteroatoms. The van der Waals surface area contributed by atoms with E-state index in [1.54, 1.807) is 24.3 Å². The standard InChI is InChI=1S/C22H26N2O4/c1-4-14-27-22(26)18-10-12-19(13-11-18)28-15-20(25)23-24-21(16(2)3)17-8-6-5-7-9-17/h5-13,16H,4,14-15H2,1-3H3,(H,23,25). The average Bonchev–Trinajstić information content (AvgIpc) is 2.71. The molecule has 28 heavy (non-hydrogen) atoms. The number of nitrogens with zero attached hydrogens (tertiary/aromatic N) is 1. The lowest BCUT2D eigenvalue weighted by Gasteiger charge is -2.11. The average molecular weight is 382 g/mol. The van der Waals surface area contributed by atoms with Crippen LogP contribution in [0.5, 0.6) is 5.75 Å². The minimum atomic E-state index is -0.373. The fourth-order valence-electron chi connectivity index (χ4n) is 2.40. The van der Waals surface area contributed by atoms with E-state index in [0.29, 0.717) is 17.9 Å². The van der Waals surface area contributed by atoms with Crippen LogP contribution in [0.2, 0.25) is 0 Å². The van der Waals surface area contributed by atoms with Crippen molar-refractivity contribution in [2.45, 2.75) is 27.2 Å². The quantitative estimate of drug-likeness (QED) is 0.406. The minimum absolute atomic E-state index is 0.156. The summed E-state index contributed by atoms with van der Waals surface area (Å²) in [6.45, 7) is 6.18. The third-order valence-electron chi connectivity index (χ3n) is 3.81. The van der Waals surface area contributed by atoms with E-state index in [1.807, 2.05) is 51.1 Å². The van der Waals surface area contributed by atoms with Crippen molar-refractivity contribution >= 4 is 17.6 Å². The molecule has 1 amide bonds. The molecule has 6 nitrogen and oxygen atoms in total. The molecule has 0 radical (unpaired) electrons. The van der Waals surface area contributed by atoms with Gasteiger partial charge >= 0.3 is 5.97 Å². The van der Waals surface area contributed by atoms with Crippen LogP contribution in [0.3, 0.4) is 0 Å². The number of carbonyl (C=O) groups is 2. The topological polar surface area (TPSA) is 77.0 Å². The third-order valence-corrected chi connectivity index (χ3v) is 3.81. The van der Waals surface area contributed by atoms with Crippen molar-refractivity contribution in [1.82, 2.24) is 5.43 Å². The van der Waals surface area contributed by atoms with Crippen molar-refractivity contribution < 1.29 is 19.1 Å². The van der Waals surface area contributed by atoms with Crippen molar-refractivity contribution in [3.05, 3.63) is 65.7 Å². The van der Waals surface area contributed by atoms with Gasteiger partial charge in [0.15, 0.2) is 6.61 Å². The van der Waals surface area contributed by atoms with Gasteiger partial charge in [-0.15, -0.1) is 0 Å². The number of hydrogen-bond donors (Lipinski definition) is 1. The molecule has 2 aromatic carbocycles. The summed E-state index contributed by atoms with van der Waals surface area (Å²) in [6, 6.07) is 16.2. The molecule has 0 bridgehead atoms. The van der Waals surface area contributed by atoms with Gasteiger partial charge in [-0.05, 0) is 42.2 Å². The van der Waals surface area contributed by atoms with Crippen LogP contribution in [0.15, 0.2) is 59.7 Å². The Labute approximate surface area is 165 Å². The van der Waals surface area contributed by atoms with E-state index in [0.717, 1.165) is 17.7 Å². The van der Waals surface area contributed by atoms with Crippen LogP contribution < -0.4 is 10.2 Å². The molecule has 0 aliphatic heterocycles. The fraction of sp³-hybridized carbons (Fsp3) is 0.318. The Morgan fingerprint density at radius 1 is 1.00 bits per heavy atom. The predicted molar refractivity (Wildman–Crippen MR) is 108 cm³/mol. The van der Waals surface area contributed by atoms with Crippen molar-refractivity contribution in [3.63, 3.8) is 0 Å². The summed E-state index contributed by atoms with van der Waals surface area (Å²) < 4.78 is 10.5. The van der Waals surface area contributed by atoms with Crippen LogP contribution in [-0.4, -0.2) is 30.8 Å². The number of carbonyl (C=O) groups excluding carboxylic acids is 2. The second-order valence-corrected chi connectivity index (χ2v) is 6.50. The maximum atomic E-state index is 12.1. The van der Waals surface area contributed by atoms with E-state index >= 15 is 0 Å². The molecule has 0 saturated carbocycles. The summed E-state index contributed by atoms with van der Waals surface area (Å²) in [5.74, 6) is -0.0925. The van der Waals surface area contributed by atoms with E-state index in [1.165, 1.54) is 0 Å². The molecule has 148 valence electrons. The van der Waals surface area contributed by atoms with Gasteiger partial charge in [0.2, 0.25) is 0 Å². The van der Waals surface area contributed by atoms with Crippen LogP contribution in [0.1, 0.15) is 43.1 Å². The van der Waals surface area contributed by atoms with Gasteiger partial charge in [0.1, 0.15) is 5.75 Å². The lowest BCUT2D eigenvalue weighted by molar-refractivity contribution is -0.123. The number of ether oxygens (including phenoxy) is 2. The number of esters is 1. The summed E-state index contributed by atoms with van der Waals surface area (Å²) in [5, 5.41) is 4.25. The van der Waals surface area contributed by atoms with E-state index in [2.05, 4.69) is 10.5 Å². The first-order chi connectivity index (χ1) is 13.5. The van der Waals surface area contributed by atoms with Gasteiger partial charge in [0.25, 0.3) is 5.91 Å². The van der Waals surface area contributed by atoms with Crippen LogP contribution in [-0.2, 0) is 9.53 Å². The molecule has 1 N–H and O–H groups in total. The molecule has 0 atom stereocenters. The number of nitrogens with one attached hydrogen (secondary N) is 1. The van der Waals surface area contributed by atoms with Crippen LogP contribution in [0.4, 0.5) is 0 Å². The van der Waals surface area contributed by atoms with Gasteiger partial charge in [-0.1, -0.05) is 51.1 Å². The highest BCUT2D eigenvalue weighted by Gasteiger charge is 2.10. The fourth-order valence-corrected chi connectivity index (χ4v) is 2.40. The molecule has 0 fully saturated rings. The van der Waals surface area contributed by atoms with Gasteiger partial charge in [0.05, 0.1) is 17.9 Å². The van der Waals surface area contributed by atoms with E-state index < -0.39 is 0 Å². The lowest BCUT2D eigenvalue weighted by Crippen LogP contribution is -2.27. The van der Waals surface area contributed by atoms with Crippen molar-refractivity contribution in [3.8, 4) is 5.75 Å². The highest BCUT2D eigenvalue weighted by Crippen LogP contribution is 2.13. The van der Waals surface area contributed by atoms with Crippen molar-refractivity contribution in [2.24, 2.45) is 11.0 Å². The Balaban J connectivity index is 1.88. The zero-order valence-corrected chi connectivity index (χ0v) is 16.5. The lowest BCUT2D eigenvalue weighted by atomic mass is 10.0. The molecule has 0 aliphatic carbocycles. The molecular formula is C22H26N2O4. The summed E-state index contributed by atoms with van der Waals surface area (Å²) >= 11 is 0. The number of hydrogen-bond acceptors (Lipinski definition) is 5. The van der Waals surface area contributed by atoms with Gasteiger partial charge in [-0.2, -0.15) is 5.10 Å². The highest BCUT2D eigenvalue weighted by molar-refractivity contribution is 6.02.